The van der Waals surface area contributed by atoms with E-state index in [0.29, 0.717) is 24.1 Å². The van der Waals surface area contributed by atoms with Gasteiger partial charge in [0.2, 0.25) is 0 Å². The maximum atomic E-state index is 13.4. The fraction of sp³-hybridized carbons (Fsp3) is 0.240. The third kappa shape index (κ3) is 3.48. The molecule has 0 unspecified atom stereocenters. The minimum atomic E-state index is -0.0390. The van der Waals surface area contributed by atoms with Crippen LogP contribution in [-0.4, -0.2) is 44.9 Å². The van der Waals surface area contributed by atoms with E-state index in [4.69, 9.17) is 4.98 Å². The Morgan fingerprint density at radius 3 is 2.55 bits per heavy atom. The van der Waals surface area contributed by atoms with E-state index in [0.717, 1.165) is 28.1 Å². The molecule has 4 aromatic rings. The first-order chi connectivity index (χ1) is 15.9. The van der Waals surface area contributed by atoms with Crippen molar-refractivity contribution in [2.45, 2.75) is 26.3 Å². The number of fused-ring (bicyclic) bond motifs is 1. The number of hydrogen-bond donors (Lipinski definition) is 0. The molecular formula is C25H26N7O+. The lowest BCUT2D eigenvalue weighted by atomic mass is 9.99. The van der Waals surface area contributed by atoms with Crippen LogP contribution in [0.25, 0.3) is 17.1 Å². The second-order valence-electron chi connectivity index (χ2n) is 8.83. The fourth-order valence-corrected chi connectivity index (χ4v) is 4.40. The zero-order valence-corrected chi connectivity index (χ0v) is 19.2. The van der Waals surface area contributed by atoms with Crippen LogP contribution < -0.4 is 9.38 Å². The molecule has 0 aliphatic carbocycles. The van der Waals surface area contributed by atoms with Crippen LogP contribution in [0.1, 0.15) is 30.9 Å². The van der Waals surface area contributed by atoms with Gasteiger partial charge in [0.15, 0.2) is 5.82 Å². The number of hydrogen-bond acceptors (Lipinski definition) is 5. The second kappa shape index (κ2) is 7.90. The van der Waals surface area contributed by atoms with Crippen LogP contribution in [0.2, 0.25) is 0 Å². The van der Waals surface area contributed by atoms with Crippen molar-refractivity contribution in [1.29, 1.82) is 0 Å². The van der Waals surface area contributed by atoms with Crippen LogP contribution >= 0.6 is 0 Å². The maximum Gasteiger partial charge on any atom is 0.430 e. The smallest absolute Gasteiger partial charge is 0.264 e. The number of rotatable bonds is 5. The summed E-state index contributed by atoms with van der Waals surface area (Å²) in [5.41, 5.74) is 4.76. The number of carbonyl (C=O) groups is 1. The average molecular weight is 441 g/mol. The molecule has 0 spiro atoms. The molecule has 0 saturated heterocycles. The quantitative estimate of drug-likeness (QED) is 0.426. The van der Waals surface area contributed by atoms with Crippen molar-refractivity contribution in [3.63, 3.8) is 0 Å². The Kier molecular flexibility index (Phi) is 5.02. The fourth-order valence-electron chi connectivity index (χ4n) is 4.40. The van der Waals surface area contributed by atoms with Crippen molar-refractivity contribution in [3.05, 3.63) is 78.5 Å². The highest BCUT2D eigenvalue weighted by molar-refractivity contribution is 6.07. The van der Waals surface area contributed by atoms with Gasteiger partial charge in [-0.3, -0.25) is 9.88 Å². The zero-order valence-electron chi connectivity index (χ0n) is 19.2. The van der Waals surface area contributed by atoms with Crippen LogP contribution in [0.4, 0.5) is 16.3 Å². The van der Waals surface area contributed by atoms with Gasteiger partial charge in [-0.2, -0.15) is 14.6 Å². The molecule has 33 heavy (non-hydrogen) atoms. The van der Waals surface area contributed by atoms with Gasteiger partial charge in [-0.05, 0) is 35.7 Å². The molecule has 2 amide bonds. The predicted molar refractivity (Wildman–Crippen MR) is 128 cm³/mol. The highest BCUT2D eigenvalue weighted by Crippen LogP contribution is 2.41. The zero-order chi connectivity index (χ0) is 23.2. The SMILES string of the molecule is CC(C)c1ccncc1-c1ncc2c(n1)[N@@+](C)(Cc1ccc(-n3cccn3)cc1)C(=O)N2C. The van der Waals surface area contributed by atoms with Crippen molar-refractivity contribution in [2.75, 3.05) is 19.0 Å². The number of anilines is 1. The van der Waals surface area contributed by atoms with Crippen LogP contribution in [0.15, 0.2) is 67.4 Å². The summed E-state index contributed by atoms with van der Waals surface area (Å²) in [7, 11) is 3.69. The summed E-state index contributed by atoms with van der Waals surface area (Å²) < 4.78 is 1.85. The summed E-state index contributed by atoms with van der Waals surface area (Å²) in [6.45, 7) is 4.75. The molecule has 8 heteroatoms. The molecule has 5 rings (SSSR count). The lowest BCUT2D eigenvalue weighted by molar-refractivity contribution is 0.218. The summed E-state index contributed by atoms with van der Waals surface area (Å²) >= 11 is 0. The Balaban J connectivity index is 1.54. The monoisotopic (exact) mass is 440 g/mol. The number of carbonyl (C=O) groups excluding carboxylic acids is 1. The minimum absolute atomic E-state index is 0.0390. The number of nitrogens with zero attached hydrogens (tertiary/aromatic N) is 7. The van der Waals surface area contributed by atoms with Crippen LogP contribution in [0.5, 0.6) is 0 Å². The summed E-state index contributed by atoms with van der Waals surface area (Å²) in [6, 6.07) is 11.9. The van der Waals surface area contributed by atoms with Gasteiger partial charge >= 0.3 is 6.03 Å². The van der Waals surface area contributed by atoms with E-state index in [1.54, 1.807) is 36.7 Å². The topological polar surface area (TPSA) is 76.8 Å². The van der Waals surface area contributed by atoms with E-state index in [9.17, 15) is 4.79 Å². The van der Waals surface area contributed by atoms with Gasteiger partial charge in [-0.1, -0.05) is 26.0 Å². The van der Waals surface area contributed by atoms with Crippen molar-refractivity contribution in [3.8, 4) is 17.1 Å². The van der Waals surface area contributed by atoms with E-state index < -0.39 is 0 Å². The molecule has 1 atom stereocenters. The summed E-state index contributed by atoms with van der Waals surface area (Å²) in [6.07, 6.45) is 8.99. The lowest BCUT2D eigenvalue weighted by Gasteiger charge is -2.25. The number of urea groups is 1. The molecule has 0 saturated carbocycles. The standard InChI is InChI=1S/C25H26N7O/c1-17(2)20-10-12-26-14-21(20)23-27-15-22-24(29-23)32(4,25(33)30(22)3)16-18-6-8-19(9-7-18)31-13-5-11-28-31/h5-15,17H,16H2,1-4H3/q+1/t32-/m1/s1. The molecule has 1 aliphatic heterocycles. The molecule has 3 aromatic heterocycles. The van der Waals surface area contributed by atoms with Gasteiger partial charge in [0, 0.05) is 43.0 Å². The molecule has 8 nitrogen and oxygen atoms in total. The largest absolute Gasteiger partial charge is 0.430 e. The molecule has 166 valence electrons. The molecular weight excluding hydrogens is 414 g/mol. The molecule has 0 radical (unpaired) electrons. The maximum absolute atomic E-state index is 13.4. The Hall–Kier alpha value is -3.91. The van der Waals surface area contributed by atoms with E-state index in [1.165, 1.54) is 0 Å². The third-order valence-electron chi connectivity index (χ3n) is 6.21. The van der Waals surface area contributed by atoms with Crippen molar-refractivity contribution >= 4 is 17.5 Å². The van der Waals surface area contributed by atoms with Crippen molar-refractivity contribution in [1.82, 2.24) is 29.2 Å². The first kappa shape index (κ1) is 21.0. The average Bonchev–Trinajstić information content (AvgIpc) is 3.43. The van der Waals surface area contributed by atoms with E-state index >= 15 is 0 Å². The molecule has 0 N–H and O–H groups in total. The Labute approximate surface area is 192 Å². The van der Waals surface area contributed by atoms with Crippen LogP contribution in [-0.2, 0) is 6.54 Å². The Morgan fingerprint density at radius 2 is 1.85 bits per heavy atom. The van der Waals surface area contributed by atoms with Crippen LogP contribution in [0.3, 0.4) is 0 Å². The minimum Gasteiger partial charge on any atom is -0.264 e. The van der Waals surface area contributed by atoms with Gasteiger partial charge in [0.25, 0.3) is 5.82 Å². The Bertz CT molecular complexity index is 1320. The molecule has 0 fully saturated rings. The number of benzene rings is 1. The van der Waals surface area contributed by atoms with Gasteiger partial charge in [-0.15, -0.1) is 0 Å². The van der Waals surface area contributed by atoms with Gasteiger partial charge in [-0.25, -0.2) is 14.5 Å². The van der Waals surface area contributed by atoms with E-state index in [2.05, 4.69) is 28.9 Å². The molecule has 1 aromatic carbocycles. The normalized spacial score (nSPS) is 17.6. The third-order valence-corrected chi connectivity index (χ3v) is 6.21. The number of pyridine rings is 1. The van der Waals surface area contributed by atoms with Gasteiger partial charge in [0.05, 0.1) is 18.9 Å². The molecule has 0 bridgehead atoms. The lowest BCUT2D eigenvalue weighted by Crippen LogP contribution is -2.50. The molecule has 1 aliphatic rings. The van der Waals surface area contributed by atoms with Crippen LogP contribution in [0, 0.1) is 0 Å². The van der Waals surface area contributed by atoms with Crippen molar-refractivity contribution in [2.24, 2.45) is 0 Å². The van der Waals surface area contributed by atoms with E-state index in [1.807, 2.05) is 54.3 Å². The highest BCUT2D eigenvalue weighted by atomic mass is 16.2. The Morgan fingerprint density at radius 1 is 1.06 bits per heavy atom. The summed E-state index contributed by atoms with van der Waals surface area (Å²) in [4.78, 5) is 28.8. The van der Waals surface area contributed by atoms with Gasteiger partial charge in [0.1, 0.15) is 12.2 Å². The number of aromatic nitrogens is 5. The highest BCUT2D eigenvalue weighted by Gasteiger charge is 2.49. The van der Waals surface area contributed by atoms with Crippen molar-refractivity contribution < 1.29 is 4.79 Å². The predicted octanol–water partition coefficient (Wildman–Crippen LogP) is 4.55. The van der Waals surface area contributed by atoms with E-state index in [-0.39, 0.29) is 10.5 Å². The molecule has 4 heterocycles. The summed E-state index contributed by atoms with van der Waals surface area (Å²) in [5.74, 6) is 1.59. The van der Waals surface area contributed by atoms with Gasteiger partial charge < -0.3 is 0 Å². The second-order valence-corrected chi connectivity index (χ2v) is 8.83. The summed E-state index contributed by atoms with van der Waals surface area (Å²) in [5, 5.41) is 4.27. The first-order valence-electron chi connectivity index (χ1n) is 10.9. The number of quaternary nitrogens is 1. The first-order valence-corrected chi connectivity index (χ1v) is 10.9. The number of amides is 2.